The second-order valence-electron chi connectivity index (χ2n) is 7.63. The molecule has 1 aromatic heterocycles. The predicted octanol–water partition coefficient (Wildman–Crippen LogP) is 3.33. The fourth-order valence-electron chi connectivity index (χ4n) is 3.30. The van der Waals surface area contributed by atoms with Crippen molar-refractivity contribution in [2.75, 3.05) is 26.0 Å². The molecule has 3 aromatic rings. The van der Waals surface area contributed by atoms with Crippen molar-refractivity contribution in [1.82, 2.24) is 9.62 Å². The van der Waals surface area contributed by atoms with Crippen LogP contribution in [0, 0.1) is 23.3 Å². The van der Waals surface area contributed by atoms with Crippen LogP contribution in [0.1, 0.15) is 5.56 Å². The fourth-order valence-corrected chi connectivity index (χ4v) is 7.88. The number of ether oxygens (including phenoxy) is 1. The Morgan fingerprint density at radius 2 is 2.14 bits per heavy atom. The Morgan fingerprint density at radius 3 is 2.83 bits per heavy atom. The van der Waals surface area contributed by atoms with Gasteiger partial charge in [0.15, 0.2) is 12.3 Å². The van der Waals surface area contributed by atoms with E-state index in [4.69, 9.17) is 21.6 Å². The Bertz CT molecular complexity index is 1570. The maximum absolute atomic E-state index is 13.8. The summed E-state index contributed by atoms with van der Waals surface area (Å²) >= 11 is 7.38. The number of benzene rings is 2. The van der Waals surface area contributed by atoms with Gasteiger partial charge in [0, 0.05) is 21.5 Å². The number of sulfonamides is 1. The summed E-state index contributed by atoms with van der Waals surface area (Å²) in [6.07, 6.45) is 7.81. The number of nitrogens with one attached hydrogen (secondary N) is 1. The van der Waals surface area contributed by atoms with Gasteiger partial charge in [0.05, 0.1) is 43.4 Å². The number of fused-ring (bicyclic) bond motifs is 1. The van der Waals surface area contributed by atoms with Crippen molar-refractivity contribution in [3.05, 3.63) is 77.2 Å². The Kier molecular flexibility index (Phi) is 7.79. The van der Waals surface area contributed by atoms with Crippen LogP contribution in [0.3, 0.4) is 0 Å². The van der Waals surface area contributed by atoms with E-state index in [1.54, 1.807) is 24.3 Å². The topological polar surface area (TPSA) is 123 Å². The van der Waals surface area contributed by atoms with Crippen LogP contribution in [0.5, 0.6) is 5.75 Å². The summed E-state index contributed by atoms with van der Waals surface area (Å²) in [4.78, 5) is 14.5. The number of halogens is 2. The molecule has 0 fully saturated rings. The summed E-state index contributed by atoms with van der Waals surface area (Å²) < 4.78 is 60.3. The fraction of sp³-hybridized carbons (Fsp3) is 0.174. The van der Waals surface area contributed by atoms with Gasteiger partial charge in [-0.3, -0.25) is 0 Å². The molecule has 0 aliphatic carbocycles. The summed E-state index contributed by atoms with van der Waals surface area (Å²) in [7, 11) is -8.76. The van der Waals surface area contributed by atoms with Crippen LogP contribution in [0.4, 0.5) is 4.39 Å². The van der Waals surface area contributed by atoms with Crippen LogP contribution in [-0.4, -0.2) is 39.3 Å². The van der Waals surface area contributed by atoms with Gasteiger partial charge in [0.2, 0.25) is 10.0 Å². The molecule has 0 radical (unpaired) electrons. The molecule has 1 aliphatic heterocycles. The van der Waals surface area contributed by atoms with E-state index in [0.717, 1.165) is 30.0 Å². The second kappa shape index (κ2) is 10.7. The minimum atomic E-state index is -4.54. The standard InChI is InChI=1S/C23H18ClFN3O5PS2/c24-23-18-13-22(35-21(18)7-6-20(23)33-11-10-28-8-2-1-3-9-28)36(31,32)27-15-34(29,30)17-5-4-16(14-26)19(25)12-17/h1-7,12-13,27H,8,10-11,15H2. The summed E-state index contributed by atoms with van der Waals surface area (Å²) in [5.41, 5.74) is -0.316. The lowest BCUT2D eigenvalue weighted by atomic mass is 10.2. The van der Waals surface area contributed by atoms with E-state index in [1.807, 2.05) is 17.1 Å². The number of allylic oxidation sites excluding steroid dienone is 2. The molecule has 0 bridgehead atoms. The molecule has 4 rings (SSSR count). The zero-order chi connectivity index (χ0) is 25.9. The van der Waals surface area contributed by atoms with Gasteiger partial charge in [-0.05, 0) is 30.3 Å². The van der Waals surface area contributed by atoms with Gasteiger partial charge in [-0.1, -0.05) is 17.7 Å². The first-order valence-electron chi connectivity index (χ1n) is 10.4. The third-order valence-electron chi connectivity index (χ3n) is 5.21. The van der Waals surface area contributed by atoms with Gasteiger partial charge in [0.1, 0.15) is 28.5 Å². The van der Waals surface area contributed by atoms with E-state index in [0.29, 0.717) is 35.1 Å². The number of hydrogen-bond donors (Lipinski definition) is 1. The molecule has 0 saturated heterocycles. The van der Waals surface area contributed by atoms with E-state index < -0.39 is 34.8 Å². The number of thiophene rings is 1. The smallest absolute Gasteiger partial charge is 0.250 e. The summed E-state index contributed by atoms with van der Waals surface area (Å²) in [6, 6.07) is 9.03. The quantitative estimate of drug-likeness (QED) is 0.312. The predicted molar refractivity (Wildman–Crippen MR) is 134 cm³/mol. The summed E-state index contributed by atoms with van der Waals surface area (Å²) in [6.45, 7) is 1.65. The number of rotatable bonds is 9. The van der Waals surface area contributed by atoms with Crippen molar-refractivity contribution in [3.8, 4) is 11.8 Å². The molecule has 0 saturated carbocycles. The first kappa shape index (κ1) is 26.3. The highest BCUT2D eigenvalue weighted by Gasteiger charge is 2.23. The van der Waals surface area contributed by atoms with Crippen LogP contribution < -0.4 is 19.7 Å². The maximum atomic E-state index is 13.8. The third-order valence-corrected chi connectivity index (χ3v) is 10.4. The first-order valence-corrected chi connectivity index (χ1v) is 14.9. The van der Waals surface area contributed by atoms with Gasteiger partial charge < -0.3 is 14.2 Å². The lowest BCUT2D eigenvalue weighted by Crippen LogP contribution is -2.31. The number of nitrogens with zero attached hydrogens (tertiary/aromatic N) is 2. The molecule has 36 heavy (non-hydrogen) atoms. The summed E-state index contributed by atoms with van der Waals surface area (Å²) in [5, 5.41) is 9.06. The largest absolute Gasteiger partial charge is 0.795 e. The van der Waals surface area contributed by atoms with E-state index in [2.05, 4.69) is 10.9 Å². The van der Waals surface area contributed by atoms with Gasteiger partial charge in [0.25, 0.3) is 0 Å². The minimum Gasteiger partial charge on any atom is -0.795 e. The van der Waals surface area contributed by atoms with Gasteiger partial charge in [-0.25, -0.2) is 22.4 Å². The van der Waals surface area contributed by atoms with Crippen molar-refractivity contribution < 1.29 is 27.0 Å². The molecule has 0 amide bonds. The van der Waals surface area contributed by atoms with Crippen LogP contribution in [0.2, 0.25) is 5.02 Å². The molecule has 8 nitrogen and oxygen atoms in total. The van der Waals surface area contributed by atoms with Crippen molar-refractivity contribution in [2.45, 2.75) is 4.21 Å². The number of hydrogen-bond acceptors (Lipinski definition) is 8. The van der Waals surface area contributed by atoms with Crippen LogP contribution in [0.25, 0.3) is 10.1 Å². The Hall–Kier alpha value is -2.80. The zero-order valence-electron chi connectivity index (χ0n) is 18.5. The lowest BCUT2D eigenvalue weighted by molar-refractivity contribution is -0.171. The highest BCUT2D eigenvalue weighted by atomic mass is 35.5. The van der Waals surface area contributed by atoms with E-state index in [-0.39, 0.29) is 14.8 Å². The second-order valence-corrected chi connectivity index (χ2v) is 13.3. The third kappa shape index (κ3) is 5.77. The zero-order valence-corrected chi connectivity index (χ0v) is 21.8. The van der Waals surface area contributed by atoms with Crippen molar-refractivity contribution >= 4 is 55.7 Å². The normalized spacial score (nSPS) is 14.9. The molecule has 0 spiro atoms. The number of nitriles is 1. The van der Waals surface area contributed by atoms with E-state index in [1.165, 1.54) is 6.07 Å². The van der Waals surface area contributed by atoms with E-state index >= 15 is 0 Å². The van der Waals surface area contributed by atoms with E-state index in [9.17, 15) is 22.3 Å². The first-order chi connectivity index (χ1) is 17.1. The molecule has 13 heteroatoms. The monoisotopic (exact) mass is 565 g/mol. The highest BCUT2D eigenvalue weighted by molar-refractivity contribution is 7.92. The van der Waals surface area contributed by atoms with Crippen LogP contribution in [-0.2, 0) is 14.6 Å². The molecule has 1 aliphatic rings. The van der Waals surface area contributed by atoms with Gasteiger partial charge in [-0.15, -0.1) is 11.3 Å². The molecular weight excluding hydrogens is 548 g/mol. The minimum absolute atomic E-state index is 0.137. The highest BCUT2D eigenvalue weighted by Crippen LogP contribution is 2.39. The van der Waals surface area contributed by atoms with Crippen LogP contribution in [0.15, 0.2) is 58.8 Å². The molecule has 186 valence electrons. The van der Waals surface area contributed by atoms with Crippen molar-refractivity contribution in [1.29, 1.82) is 5.26 Å². The Morgan fingerprint density at radius 1 is 1.33 bits per heavy atom. The molecule has 1 unspecified atom stereocenters. The van der Waals surface area contributed by atoms with Crippen LogP contribution >= 0.6 is 30.3 Å². The molecule has 1 atom stereocenters. The van der Waals surface area contributed by atoms with Gasteiger partial charge >= 0.3 is 0 Å². The molecule has 2 heterocycles. The van der Waals surface area contributed by atoms with Crippen molar-refractivity contribution in [2.24, 2.45) is 0 Å². The maximum Gasteiger partial charge on any atom is 0.250 e. The lowest BCUT2D eigenvalue weighted by Gasteiger charge is -2.24. The van der Waals surface area contributed by atoms with Gasteiger partial charge in [-0.2, -0.15) is 5.26 Å². The average Bonchev–Trinajstić information content (AvgIpc) is 3.31. The molecule has 1 N–H and O–H groups in total. The molecule has 2 aromatic carbocycles. The SMILES string of the molecule is N#Cc1ccc(P(=O)([O-])CNS(=O)(=O)c2cc3c(Cl)c(OCCN4[C+]=CC=CC4)ccc3s2)cc1F. The summed E-state index contributed by atoms with van der Waals surface area (Å²) in [5.74, 6) is -0.615. The average molecular weight is 566 g/mol. The Labute approximate surface area is 216 Å². The Balaban J connectivity index is 1.47. The molecular formula is C23H18ClFN3O5PS2. The van der Waals surface area contributed by atoms with Crippen molar-refractivity contribution in [3.63, 3.8) is 0 Å².